The van der Waals surface area contributed by atoms with Crippen molar-refractivity contribution in [2.75, 3.05) is 0 Å². The monoisotopic (exact) mass is 477 g/mol. The summed E-state index contributed by atoms with van der Waals surface area (Å²) in [6, 6.07) is 22.4. The second-order valence-electron chi connectivity index (χ2n) is 7.68. The molecule has 26 heavy (non-hydrogen) atoms. The zero-order valence-corrected chi connectivity index (χ0v) is 21.0. The van der Waals surface area contributed by atoms with E-state index in [1.54, 1.807) is 11.1 Å². The van der Waals surface area contributed by atoms with Gasteiger partial charge < -0.3 is 0 Å². The fourth-order valence-corrected chi connectivity index (χ4v) is 13.3. The fraction of sp³-hybridized carbons (Fsp3) is 0.182. The third-order valence-corrected chi connectivity index (χ3v) is 13.3. The van der Waals surface area contributed by atoms with E-state index in [4.69, 9.17) is 0 Å². The molecule has 3 aromatic rings. The quantitative estimate of drug-likeness (QED) is 0.363. The molecule has 4 heteroatoms. The average Bonchev–Trinajstić information content (AvgIpc) is 2.90. The Morgan fingerprint density at radius 3 is 2.23 bits per heavy atom. The van der Waals surface area contributed by atoms with Gasteiger partial charge in [-0.2, -0.15) is 0 Å². The molecule has 3 aromatic carbocycles. The van der Waals surface area contributed by atoms with Crippen LogP contribution >= 0.6 is 24.8 Å². The van der Waals surface area contributed by atoms with E-state index < -0.39 is 18.9 Å². The predicted octanol–water partition coefficient (Wildman–Crippen LogP) is 6.61. The molecule has 0 nitrogen and oxygen atoms in total. The van der Waals surface area contributed by atoms with Crippen LogP contribution < -0.4 is 0 Å². The Morgan fingerprint density at radius 1 is 0.846 bits per heavy atom. The van der Waals surface area contributed by atoms with Crippen molar-refractivity contribution in [3.05, 3.63) is 77.4 Å². The molecule has 0 heterocycles. The molecule has 0 saturated heterocycles. The summed E-state index contributed by atoms with van der Waals surface area (Å²) in [6.07, 6.45) is 2.46. The maximum atomic E-state index is 2.56. The average molecular weight is 480 g/mol. The van der Waals surface area contributed by atoms with Crippen LogP contribution in [0.1, 0.15) is 21.7 Å². The molecule has 0 bridgehead atoms. The number of hydrogen-bond donors (Lipinski definition) is 0. The fourth-order valence-electron chi connectivity index (χ4n) is 4.20. The van der Waals surface area contributed by atoms with Crippen molar-refractivity contribution in [2.24, 2.45) is 0 Å². The Labute approximate surface area is 174 Å². The van der Waals surface area contributed by atoms with E-state index in [1.807, 2.05) is 0 Å². The van der Waals surface area contributed by atoms with E-state index in [2.05, 4.69) is 89.8 Å². The normalized spacial score (nSPS) is 15.7. The van der Waals surface area contributed by atoms with Crippen molar-refractivity contribution in [3.63, 3.8) is 0 Å². The summed E-state index contributed by atoms with van der Waals surface area (Å²) in [5.41, 5.74) is 7.34. The van der Waals surface area contributed by atoms with Gasteiger partial charge in [-0.15, -0.1) is 24.8 Å². The number of halogens is 2. The van der Waals surface area contributed by atoms with E-state index in [1.165, 1.54) is 27.5 Å². The van der Waals surface area contributed by atoms with Crippen molar-refractivity contribution in [3.8, 4) is 11.1 Å². The molecule has 0 aliphatic heterocycles. The topological polar surface area (TPSA) is 0 Å². The van der Waals surface area contributed by atoms with Gasteiger partial charge in [0.15, 0.2) is 0 Å². The molecule has 1 atom stereocenters. The van der Waals surface area contributed by atoms with Crippen molar-refractivity contribution >= 4 is 48.5 Å². The second-order valence-corrected chi connectivity index (χ2v) is 29.7. The molecule has 1 unspecified atom stereocenters. The van der Waals surface area contributed by atoms with Crippen LogP contribution in [0.3, 0.4) is 0 Å². The van der Waals surface area contributed by atoms with Gasteiger partial charge in [0.2, 0.25) is 0 Å². The van der Waals surface area contributed by atoms with Gasteiger partial charge >= 0.3 is 151 Å². The first-order valence-electron chi connectivity index (χ1n) is 8.61. The minimum absolute atomic E-state index is 0. The summed E-state index contributed by atoms with van der Waals surface area (Å²) in [6.45, 7) is 4.66. The Hall–Kier alpha value is -0.660. The molecular formula is C22H25Cl2SiZr. The molecule has 4 rings (SSSR count). The van der Waals surface area contributed by atoms with Crippen LogP contribution in [0.15, 0.2) is 66.2 Å². The zero-order valence-electron chi connectivity index (χ0n) is 15.5. The molecule has 0 aromatic heterocycles. The van der Waals surface area contributed by atoms with E-state index in [-0.39, 0.29) is 24.8 Å². The first-order valence-corrected chi connectivity index (χ1v) is 20.9. The molecule has 0 fully saturated rings. The maximum Gasteiger partial charge on any atom is -0.147 e. The van der Waals surface area contributed by atoms with Crippen LogP contribution in [-0.2, 0) is 18.9 Å². The van der Waals surface area contributed by atoms with Crippen LogP contribution in [0.4, 0.5) is 0 Å². The molecule has 0 amide bonds. The second kappa shape index (κ2) is 8.15. The van der Waals surface area contributed by atoms with Gasteiger partial charge in [0, 0.05) is 0 Å². The van der Waals surface area contributed by atoms with Gasteiger partial charge in [0.1, 0.15) is 0 Å². The van der Waals surface area contributed by atoms with Crippen LogP contribution in [0.5, 0.6) is 0 Å². The van der Waals surface area contributed by atoms with Gasteiger partial charge in [-0.3, -0.25) is 0 Å². The van der Waals surface area contributed by atoms with Gasteiger partial charge in [0.25, 0.3) is 0 Å². The van der Waals surface area contributed by atoms with Crippen molar-refractivity contribution < 1.29 is 18.9 Å². The molecule has 0 saturated carbocycles. The van der Waals surface area contributed by atoms with Gasteiger partial charge in [-0.1, -0.05) is 0 Å². The van der Waals surface area contributed by atoms with Gasteiger partial charge in [0.05, 0.1) is 0 Å². The van der Waals surface area contributed by atoms with Crippen molar-refractivity contribution in [1.29, 1.82) is 0 Å². The smallest absolute Gasteiger partial charge is 0.147 e. The summed E-state index contributed by atoms with van der Waals surface area (Å²) in [5, 5.41) is 2.63. The molecule has 1 aliphatic rings. The van der Waals surface area contributed by atoms with Crippen LogP contribution in [0.2, 0.25) is 9.26 Å². The Bertz CT molecular complexity index is 1030. The first-order chi connectivity index (χ1) is 11.4. The summed E-state index contributed by atoms with van der Waals surface area (Å²) in [7, 11) is 0. The zero-order chi connectivity index (χ0) is 16.9. The number of fused-ring (bicyclic) bond motifs is 2. The van der Waals surface area contributed by atoms with E-state index >= 15 is 0 Å². The molecule has 0 spiro atoms. The molecule has 0 N–H and O–H groups in total. The van der Waals surface area contributed by atoms with Crippen molar-refractivity contribution in [1.82, 2.24) is 0 Å². The van der Waals surface area contributed by atoms with Gasteiger partial charge in [-0.25, -0.2) is 0 Å². The minimum Gasteiger partial charge on any atom is -0.147 e. The first kappa shape index (κ1) is 21.6. The standard InChI is InChI=1S/C20H15.2CH3.2ClH.H2Si.Zr/c1-14-11-17-7-4-8-19(20(17)12-14)18-10-9-15-5-2-3-6-16(15)13-18;;;;;;/h2-13H,1H3;2*1H3;2*1H;1H2;. The van der Waals surface area contributed by atoms with Gasteiger partial charge in [-0.05, 0) is 0 Å². The summed E-state index contributed by atoms with van der Waals surface area (Å²) >= 11 is -2.02. The molecule has 0 radical (unpaired) electrons. The van der Waals surface area contributed by atoms with Crippen LogP contribution in [-0.4, -0.2) is 6.88 Å². The number of rotatable bonds is 2. The van der Waals surface area contributed by atoms with E-state index in [0.29, 0.717) is 0 Å². The Kier molecular flexibility index (Phi) is 6.78. The summed E-state index contributed by atoms with van der Waals surface area (Å²) in [4.78, 5) is 0. The SMILES string of the molecule is CC1=Cc2c(-c3ccc4ccccc4c3)cccc2[CH]1[Zr]([CH3])([CH3])=[SiH2].Cl.Cl. The Balaban J connectivity index is 0.00000121. The largest absolute Gasteiger partial charge is 0.147 e. The third-order valence-electron chi connectivity index (χ3n) is 5.12. The number of benzene rings is 3. The third kappa shape index (κ3) is 3.80. The van der Waals surface area contributed by atoms with Crippen LogP contribution in [0.25, 0.3) is 28.0 Å². The summed E-state index contributed by atoms with van der Waals surface area (Å²) < 4.78 is 5.85. The maximum absolute atomic E-state index is 2.56. The molecule has 135 valence electrons. The van der Waals surface area contributed by atoms with Crippen LogP contribution in [0, 0.1) is 0 Å². The number of hydrogen-bond acceptors (Lipinski definition) is 0. The molecular weight excluding hydrogens is 454 g/mol. The summed E-state index contributed by atoms with van der Waals surface area (Å²) in [5.74, 6) is 0. The van der Waals surface area contributed by atoms with E-state index in [9.17, 15) is 0 Å². The predicted molar refractivity (Wildman–Crippen MR) is 121 cm³/mol. The van der Waals surface area contributed by atoms with Crippen molar-refractivity contribution in [2.45, 2.75) is 19.8 Å². The van der Waals surface area contributed by atoms with E-state index in [0.717, 1.165) is 3.63 Å². The molecule has 1 aliphatic carbocycles. The number of allylic oxidation sites excluding steroid dienone is 1. The Morgan fingerprint density at radius 2 is 1.54 bits per heavy atom. The minimum atomic E-state index is -2.02.